The third-order valence-corrected chi connectivity index (χ3v) is 12.0. The summed E-state index contributed by atoms with van der Waals surface area (Å²) < 4.78 is 32.0. The third kappa shape index (κ3) is 2.21. The first-order chi connectivity index (χ1) is 12.6. The molecule has 0 radical (unpaired) electrons. The van der Waals surface area contributed by atoms with Gasteiger partial charge in [-0.05, 0) is 74.2 Å². The van der Waals surface area contributed by atoms with Gasteiger partial charge in [0, 0.05) is 11.3 Å². The average Bonchev–Trinajstić information content (AvgIpc) is 2.92. The predicted molar refractivity (Wildman–Crippen MR) is 108 cm³/mol. The Balaban J connectivity index is 1.85. The largest absolute Gasteiger partial charge is 0.390 e. The third-order valence-electron chi connectivity index (χ3n) is 8.33. The van der Waals surface area contributed by atoms with E-state index in [9.17, 15) is 9.90 Å². The number of halogens is 2. The van der Waals surface area contributed by atoms with E-state index < -0.39 is 29.3 Å². The number of ketones is 1. The number of aliphatic hydroxyl groups is 1. The summed E-state index contributed by atoms with van der Waals surface area (Å²) in [6.07, 6.45) is 7.98. The summed E-state index contributed by atoms with van der Waals surface area (Å²) in [5, 5.41) is 11.2. The van der Waals surface area contributed by atoms with Gasteiger partial charge in [-0.3, -0.25) is 4.79 Å². The number of hydrogen-bond donors (Lipinski definition) is 1. The first kappa shape index (κ1) is 20.0. The zero-order valence-corrected chi connectivity index (χ0v) is 17.9. The average molecular weight is 415 g/mol. The van der Waals surface area contributed by atoms with Crippen molar-refractivity contribution in [3.63, 3.8) is 0 Å². The number of aliphatic hydroxyl groups excluding tert-OH is 1. The van der Waals surface area contributed by atoms with Crippen LogP contribution in [0, 0.1) is 22.7 Å². The lowest BCUT2D eigenvalue weighted by atomic mass is 9.45. The summed E-state index contributed by atoms with van der Waals surface area (Å²) in [6.45, 7) is 3.83. The number of thioether (sulfide) groups is 2. The molecule has 0 spiro atoms. The van der Waals surface area contributed by atoms with E-state index in [0.29, 0.717) is 6.42 Å². The number of carbonyl (C=O) groups is 1. The Hall–Kier alpha value is -0.330. The summed E-state index contributed by atoms with van der Waals surface area (Å²) in [4.78, 5) is 11.8. The van der Waals surface area contributed by atoms with E-state index in [1.807, 2.05) is 0 Å². The Bertz CT molecular complexity index is 734. The maximum atomic E-state index is 16.9. The van der Waals surface area contributed by atoms with Crippen LogP contribution in [0.3, 0.4) is 0 Å². The number of allylic oxidation sites excluding steroid dienone is 4. The molecule has 0 unspecified atom stereocenters. The van der Waals surface area contributed by atoms with E-state index in [4.69, 9.17) is 0 Å². The van der Waals surface area contributed by atoms with Gasteiger partial charge in [0.1, 0.15) is 6.17 Å². The molecule has 0 aromatic heterocycles. The number of carbonyl (C=O) groups excluding carboxylic acids is 1. The fourth-order valence-corrected chi connectivity index (χ4v) is 9.62. The van der Waals surface area contributed by atoms with Gasteiger partial charge in [-0.25, -0.2) is 8.78 Å². The standard InChI is InChI=1S/C21H28F2O2S2/c1-18-7-5-12(24)9-15(18)16(22)10-14-13-6-8-20(26-3,27-4)19(13,2)11-17(25)21(14,18)23/h5,7,9,13-14,16-17,25H,6,8,10-11H2,1-4H3/t13-,14-,16-,17-,18-,19-,21-/m0/s1. The minimum atomic E-state index is -1.95. The lowest BCUT2D eigenvalue weighted by Crippen LogP contribution is -2.69. The molecule has 7 atom stereocenters. The van der Waals surface area contributed by atoms with Crippen LogP contribution >= 0.6 is 23.5 Å². The topological polar surface area (TPSA) is 37.3 Å². The van der Waals surface area contributed by atoms with Gasteiger partial charge < -0.3 is 5.11 Å². The van der Waals surface area contributed by atoms with E-state index in [1.54, 1.807) is 30.4 Å². The molecule has 2 nitrogen and oxygen atoms in total. The van der Waals surface area contributed by atoms with Crippen molar-refractivity contribution < 1.29 is 18.7 Å². The number of fused-ring (bicyclic) bond motifs is 5. The molecule has 6 heteroatoms. The van der Waals surface area contributed by atoms with Crippen molar-refractivity contribution >= 4 is 29.3 Å². The van der Waals surface area contributed by atoms with Crippen LogP contribution < -0.4 is 0 Å². The molecule has 0 amide bonds. The fraction of sp³-hybridized carbons (Fsp3) is 0.762. The number of rotatable bonds is 2. The van der Waals surface area contributed by atoms with Crippen LogP contribution in [0.2, 0.25) is 0 Å². The Morgan fingerprint density at radius 3 is 2.52 bits per heavy atom. The first-order valence-corrected chi connectivity index (χ1v) is 12.1. The van der Waals surface area contributed by atoms with Crippen LogP contribution in [0.5, 0.6) is 0 Å². The maximum Gasteiger partial charge on any atom is 0.178 e. The molecule has 0 aliphatic heterocycles. The van der Waals surface area contributed by atoms with Crippen molar-refractivity contribution in [3.8, 4) is 0 Å². The Morgan fingerprint density at radius 2 is 1.89 bits per heavy atom. The van der Waals surface area contributed by atoms with Crippen LogP contribution in [-0.4, -0.2) is 45.4 Å². The van der Waals surface area contributed by atoms with Crippen LogP contribution in [0.4, 0.5) is 8.78 Å². The second-order valence-corrected chi connectivity index (χ2v) is 11.5. The summed E-state index contributed by atoms with van der Waals surface area (Å²) in [5.41, 5.74) is -3.27. The molecule has 0 aromatic rings. The summed E-state index contributed by atoms with van der Waals surface area (Å²) in [5.74, 6) is -0.831. The van der Waals surface area contributed by atoms with Gasteiger partial charge in [0.25, 0.3) is 0 Å². The molecule has 150 valence electrons. The van der Waals surface area contributed by atoms with Gasteiger partial charge >= 0.3 is 0 Å². The molecule has 4 rings (SSSR count). The monoisotopic (exact) mass is 414 g/mol. The van der Waals surface area contributed by atoms with E-state index >= 15 is 8.78 Å². The summed E-state index contributed by atoms with van der Waals surface area (Å²) in [7, 11) is 0. The molecule has 0 heterocycles. The molecular formula is C21H28F2O2S2. The number of hydrogen-bond acceptors (Lipinski definition) is 4. The molecule has 0 saturated heterocycles. The van der Waals surface area contributed by atoms with Crippen molar-refractivity contribution in [2.75, 3.05) is 12.5 Å². The zero-order valence-electron chi connectivity index (χ0n) is 16.3. The molecule has 0 bridgehead atoms. The molecule has 27 heavy (non-hydrogen) atoms. The second-order valence-electron chi connectivity index (χ2n) is 9.06. The lowest BCUT2D eigenvalue weighted by molar-refractivity contribution is -0.196. The normalized spacial score (nSPS) is 50.6. The minimum absolute atomic E-state index is 0.0217. The zero-order chi connectivity index (χ0) is 19.8. The van der Waals surface area contributed by atoms with E-state index in [-0.39, 0.29) is 33.2 Å². The van der Waals surface area contributed by atoms with Gasteiger partial charge in [0.15, 0.2) is 11.5 Å². The van der Waals surface area contributed by atoms with Crippen molar-refractivity contribution in [1.82, 2.24) is 0 Å². The van der Waals surface area contributed by atoms with Gasteiger partial charge in [-0.15, -0.1) is 23.5 Å². The van der Waals surface area contributed by atoms with Crippen molar-refractivity contribution in [2.45, 2.75) is 61.6 Å². The molecule has 3 saturated carbocycles. The molecule has 4 aliphatic carbocycles. The van der Waals surface area contributed by atoms with Gasteiger partial charge in [-0.1, -0.05) is 13.0 Å². The highest BCUT2D eigenvalue weighted by atomic mass is 32.2. The quantitative estimate of drug-likeness (QED) is 0.663. The molecule has 4 aliphatic rings. The van der Waals surface area contributed by atoms with Gasteiger partial charge in [-0.2, -0.15) is 0 Å². The SMILES string of the molecule is CSC1(SC)CC[C@H]2[C@@H]3C[C@H](F)C4=CC(=O)C=C[C@]4(C)[C@@]3(F)[C@@H](O)C[C@@]21C. The van der Waals surface area contributed by atoms with E-state index in [0.717, 1.165) is 12.8 Å². The van der Waals surface area contributed by atoms with Gasteiger partial charge in [0.2, 0.25) is 0 Å². The summed E-state index contributed by atoms with van der Waals surface area (Å²) >= 11 is 3.59. The Kier molecular flexibility index (Phi) is 4.50. The van der Waals surface area contributed by atoms with Crippen molar-refractivity contribution in [3.05, 3.63) is 23.8 Å². The Labute approximate surface area is 168 Å². The highest BCUT2D eigenvalue weighted by Crippen LogP contribution is 2.73. The van der Waals surface area contributed by atoms with Crippen LogP contribution in [0.1, 0.15) is 39.5 Å². The van der Waals surface area contributed by atoms with Gasteiger partial charge in [0.05, 0.1) is 10.2 Å². The molecular weight excluding hydrogens is 386 g/mol. The fourth-order valence-electron chi connectivity index (χ4n) is 6.91. The van der Waals surface area contributed by atoms with Crippen molar-refractivity contribution in [2.24, 2.45) is 22.7 Å². The van der Waals surface area contributed by atoms with Crippen molar-refractivity contribution in [1.29, 1.82) is 0 Å². The van der Waals surface area contributed by atoms with E-state index in [2.05, 4.69) is 19.4 Å². The maximum absolute atomic E-state index is 16.9. The lowest BCUT2D eigenvalue weighted by Gasteiger charge is -2.63. The number of alkyl halides is 2. The second kappa shape index (κ2) is 6.09. The highest BCUT2D eigenvalue weighted by Gasteiger charge is 2.74. The Morgan fingerprint density at radius 1 is 1.22 bits per heavy atom. The molecule has 3 fully saturated rings. The van der Waals surface area contributed by atoms with E-state index in [1.165, 1.54) is 18.2 Å². The highest BCUT2D eigenvalue weighted by molar-refractivity contribution is 8.17. The molecule has 1 N–H and O–H groups in total. The smallest absolute Gasteiger partial charge is 0.178 e. The molecule has 0 aromatic carbocycles. The first-order valence-electron chi connectivity index (χ1n) is 9.66. The van der Waals surface area contributed by atoms with Crippen LogP contribution in [-0.2, 0) is 4.79 Å². The van der Waals surface area contributed by atoms with Crippen LogP contribution in [0.15, 0.2) is 23.8 Å². The predicted octanol–water partition coefficient (Wildman–Crippen LogP) is 4.73. The van der Waals surface area contributed by atoms with Crippen LogP contribution in [0.25, 0.3) is 0 Å². The minimum Gasteiger partial charge on any atom is -0.390 e. The summed E-state index contributed by atoms with van der Waals surface area (Å²) in [6, 6.07) is 0.